The zero-order valence-corrected chi connectivity index (χ0v) is 6.77. The number of aromatic hydroxyl groups is 1. The van der Waals surface area contributed by atoms with Crippen LogP contribution in [0.15, 0.2) is 24.3 Å². The van der Waals surface area contributed by atoms with E-state index in [2.05, 4.69) is 0 Å². The molecule has 0 fully saturated rings. The van der Waals surface area contributed by atoms with Crippen molar-refractivity contribution in [3.05, 3.63) is 29.8 Å². The topological polar surface area (TPSA) is 83.5 Å². The zero-order chi connectivity index (χ0) is 9.84. The van der Waals surface area contributed by atoms with Crippen LogP contribution in [-0.4, -0.2) is 16.2 Å². The van der Waals surface area contributed by atoms with Crippen LogP contribution in [0.1, 0.15) is 5.56 Å². The number of nitrogen functional groups attached to an aromatic ring is 1. The molecule has 0 amide bonds. The van der Waals surface area contributed by atoms with Gasteiger partial charge in [-0.2, -0.15) is 0 Å². The van der Waals surface area contributed by atoms with Crippen LogP contribution in [0.25, 0.3) is 6.08 Å². The van der Waals surface area contributed by atoms with Crippen LogP contribution in [0, 0.1) is 0 Å². The van der Waals surface area contributed by atoms with E-state index in [-0.39, 0.29) is 5.75 Å². The average molecular weight is 179 g/mol. The summed E-state index contributed by atoms with van der Waals surface area (Å²) in [6.07, 6.45) is 2.29. The monoisotopic (exact) mass is 179 g/mol. The first kappa shape index (κ1) is 9.12. The third-order valence-electron chi connectivity index (χ3n) is 1.48. The number of carbonyl (C=O) groups is 1. The molecule has 1 aromatic rings. The van der Waals surface area contributed by atoms with Gasteiger partial charge in [0.2, 0.25) is 0 Å². The molecular weight excluding hydrogens is 170 g/mol. The quantitative estimate of drug-likeness (QED) is 0.360. The number of rotatable bonds is 2. The summed E-state index contributed by atoms with van der Waals surface area (Å²) in [5.74, 6) is -0.998. The summed E-state index contributed by atoms with van der Waals surface area (Å²) in [7, 11) is 0. The number of carboxylic acid groups (broad SMARTS) is 1. The molecule has 1 aromatic carbocycles. The van der Waals surface area contributed by atoms with Crippen molar-refractivity contribution in [2.75, 3.05) is 5.73 Å². The second-order valence-electron chi connectivity index (χ2n) is 2.48. The highest BCUT2D eigenvalue weighted by Gasteiger charge is 1.97. The molecular formula is C9H9NO3. The summed E-state index contributed by atoms with van der Waals surface area (Å²) in [4.78, 5) is 10.2. The standard InChI is InChI=1S/C9H9NO3/c10-8-3-2-7(11)5-6(8)1-4-9(12)13/h1-5,11H,10H2,(H,12,13). The molecule has 0 bridgehead atoms. The van der Waals surface area contributed by atoms with Crippen LogP contribution in [0.2, 0.25) is 0 Å². The Morgan fingerprint density at radius 2 is 2.15 bits per heavy atom. The smallest absolute Gasteiger partial charge is 0.328 e. The number of anilines is 1. The van der Waals surface area contributed by atoms with Crippen molar-refractivity contribution in [1.29, 1.82) is 0 Å². The molecule has 1 rings (SSSR count). The number of benzene rings is 1. The Bertz CT molecular complexity index is 358. The summed E-state index contributed by atoms with van der Waals surface area (Å²) < 4.78 is 0. The van der Waals surface area contributed by atoms with E-state index in [1.54, 1.807) is 0 Å². The second-order valence-corrected chi connectivity index (χ2v) is 2.48. The molecule has 0 aromatic heterocycles. The van der Waals surface area contributed by atoms with Gasteiger partial charge in [-0.25, -0.2) is 4.79 Å². The minimum Gasteiger partial charge on any atom is -0.508 e. The molecule has 0 aliphatic carbocycles. The number of hydrogen-bond acceptors (Lipinski definition) is 3. The van der Waals surface area contributed by atoms with Crippen molar-refractivity contribution in [1.82, 2.24) is 0 Å². The molecule has 0 aliphatic rings. The maximum Gasteiger partial charge on any atom is 0.328 e. The number of phenolic OH excluding ortho intramolecular Hbond substituents is 1. The number of hydrogen-bond donors (Lipinski definition) is 3. The Hall–Kier alpha value is -1.97. The van der Waals surface area contributed by atoms with Crippen molar-refractivity contribution in [3.8, 4) is 5.75 Å². The van der Waals surface area contributed by atoms with E-state index in [0.717, 1.165) is 6.08 Å². The van der Waals surface area contributed by atoms with Gasteiger partial charge in [0.25, 0.3) is 0 Å². The van der Waals surface area contributed by atoms with Gasteiger partial charge in [-0.15, -0.1) is 0 Å². The molecule has 0 heterocycles. The first-order valence-corrected chi connectivity index (χ1v) is 3.59. The van der Waals surface area contributed by atoms with Gasteiger partial charge >= 0.3 is 5.97 Å². The van der Waals surface area contributed by atoms with Crippen molar-refractivity contribution in [2.45, 2.75) is 0 Å². The third-order valence-corrected chi connectivity index (χ3v) is 1.48. The van der Waals surface area contributed by atoms with E-state index < -0.39 is 5.97 Å². The number of nitrogens with two attached hydrogens (primary N) is 1. The van der Waals surface area contributed by atoms with Gasteiger partial charge < -0.3 is 15.9 Å². The largest absolute Gasteiger partial charge is 0.508 e. The Morgan fingerprint density at radius 3 is 2.77 bits per heavy atom. The molecule has 0 spiro atoms. The predicted octanol–water partition coefficient (Wildman–Crippen LogP) is 1.07. The molecule has 0 saturated carbocycles. The van der Waals surface area contributed by atoms with Gasteiger partial charge in [0, 0.05) is 17.3 Å². The van der Waals surface area contributed by atoms with E-state index in [9.17, 15) is 4.79 Å². The second kappa shape index (κ2) is 3.62. The predicted molar refractivity (Wildman–Crippen MR) is 49.2 cm³/mol. The summed E-state index contributed by atoms with van der Waals surface area (Å²) in [5.41, 5.74) is 6.43. The number of aliphatic carboxylic acids is 1. The van der Waals surface area contributed by atoms with E-state index in [1.807, 2.05) is 0 Å². The van der Waals surface area contributed by atoms with Crippen LogP contribution in [-0.2, 0) is 4.79 Å². The average Bonchev–Trinajstić information content (AvgIpc) is 2.06. The van der Waals surface area contributed by atoms with Gasteiger partial charge in [-0.3, -0.25) is 0 Å². The highest BCUT2D eigenvalue weighted by Crippen LogP contribution is 2.19. The first-order chi connectivity index (χ1) is 6.09. The lowest BCUT2D eigenvalue weighted by molar-refractivity contribution is -0.131. The highest BCUT2D eigenvalue weighted by molar-refractivity contribution is 5.86. The highest BCUT2D eigenvalue weighted by atomic mass is 16.4. The van der Waals surface area contributed by atoms with Crippen LogP contribution in [0.4, 0.5) is 5.69 Å². The molecule has 68 valence electrons. The van der Waals surface area contributed by atoms with Crippen molar-refractivity contribution in [3.63, 3.8) is 0 Å². The summed E-state index contributed by atoms with van der Waals surface area (Å²) in [6, 6.07) is 4.35. The van der Waals surface area contributed by atoms with E-state index in [1.165, 1.54) is 24.3 Å². The SMILES string of the molecule is Nc1ccc(O)cc1C=CC(=O)O. The molecule has 4 nitrogen and oxygen atoms in total. The van der Waals surface area contributed by atoms with Crippen LogP contribution >= 0.6 is 0 Å². The maximum atomic E-state index is 10.2. The Labute approximate surface area is 74.9 Å². The fraction of sp³-hybridized carbons (Fsp3) is 0. The van der Waals surface area contributed by atoms with Crippen LogP contribution in [0.5, 0.6) is 5.75 Å². The van der Waals surface area contributed by atoms with Crippen molar-refractivity contribution in [2.24, 2.45) is 0 Å². The minimum atomic E-state index is -1.05. The third kappa shape index (κ3) is 2.52. The Morgan fingerprint density at radius 1 is 1.46 bits per heavy atom. The fourth-order valence-electron chi connectivity index (χ4n) is 0.868. The van der Waals surface area contributed by atoms with Gasteiger partial charge in [-0.1, -0.05) is 0 Å². The summed E-state index contributed by atoms with van der Waals surface area (Å²) >= 11 is 0. The van der Waals surface area contributed by atoms with Crippen LogP contribution in [0.3, 0.4) is 0 Å². The molecule has 0 saturated heterocycles. The van der Waals surface area contributed by atoms with Crippen LogP contribution < -0.4 is 5.73 Å². The zero-order valence-electron chi connectivity index (χ0n) is 6.77. The summed E-state index contributed by atoms with van der Waals surface area (Å²) in [5, 5.41) is 17.4. The molecule has 0 atom stereocenters. The molecule has 0 aliphatic heterocycles. The summed E-state index contributed by atoms with van der Waals surface area (Å²) in [6.45, 7) is 0. The molecule has 4 N–H and O–H groups in total. The minimum absolute atomic E-state index is 0.0549. The fourth-order valence-corrected chi connectivity index (χ4v) is 0.868. The first-order valence-electron chi connectivity index (χ1n) is 3.59. The lowest BCUT2D eigenvalue weighted by atomic mass is 10.1. The van der Waals surface area contributed by atoms with Crippen molar-refractivity contribution < 1.29 is 15.0 Å². The van der Waals surface area contributed by atoms with Gasteiger partial charge in [0.1, 0.15) is 5.75 Å². The normalized spacial score (nSPS) is 10.5. The maximum absolute atomic E-state index is 10.2. The van der Waals surface area contributed by atoms with Gasteiger partial charge in [-0.05, 0) is 24.3 Å². The van der Waals surface area contributed by atoms with Crippen molar-refractivity contribution >= 4 is 17.7 Å². The molecule has 13 heavy (non-hydrogen) atoms. The van der Waals surface area contributed by atoms with E-state index in [4.69, 9.17) is 15.9 Å². The number of phenols is 1. The molecule has 0 unspecified atom stereocenters. The molecule has 0 radical (unpaired) electrons. The van der Waals surface area contributed by atoms with Gasteiger partial charge in [0.15, 0.2) is 0 Å². The van der Waals surface area contributed by atoms with Gasteiger partial charge in [0.05, 0.1) is 0 Å². The Kier molecular flexibility index (Phi) is 2.54. The van der Waals surface area contributed by atoms with E-state index in [0.29, 0.717) is 11.3 Å². The lowest BCUT2D eigenvalue weighted by Gasteiger charge is -1.99. The molecule has 4 heteroatoms. The van der Waals surface area contributed by atoms with E-state index >= 15 is 0 Å². The Balaban J connectivity index is 3.00. The lowest BCUT2D eigenvalue weighted by Crippen LogP contribution is -1.90. The number of carboxylic acids is 1.